The van der Waals surface area contributed by atoms with E-state index in [1.54, 1.807) is 10.9 Å². The Morgan fingerprint density at radius 1 is 0.625 bits per heavy atom. The van der Waals surface area contributed by atoms with E-state index >= 15 is 0 Å². The minimum absolute atomic E-state index is 0.0171. The second-order valence-electron chi connectivity index (χ2n) is 16.5. The molecule has 0 bridgehead atoms. The van der Waals surface area contributed by atoms with E-state index in [9.17, 15) is 14.4 Å². The van der Waals surface area contributed by atoms with Gasteiger partial charge in [0.15, 0.2) is 11.2 Å². The van der Waals surface area contributed by atoms with Crippen molar-refractivity contribution in [3.63, 3.8) is 0 Å². The number of rotatable bonds is 39. The largest absolute Gasteiger partial charge is 0.466 e. The van der Waals surface area contributed by atoms with Crippen LogP contribution >= 0.6 is 0 Å². The minimum Gasteiger partial charge on any atom is -0.466 e. The Morgan fingerprint density at radius 3 is 1.45 bits per heavy atom. The molecular weight excluding hydrogens is 703 g/mol. The number of ether oxygens (including phenoxy) is 2. The summed E-state index contributed by atoms with van der Waals surface area (Å²) in [5, 5.41) is 0. The van der Waals surface area contributed by atoms with Crippen LogP contribution in [0.3, 0.4) is 0 Å². The maximum Gasteiger partial charge on any atom is 0.305 e. The van der Waals surface area contributed by atoms with E-state index in [0.717, 1.165) is 38.5 Å². The van der Waals surface area contributed by atoms with E-state index in [2.05, 4.69) is 28.8 Å². The van der Waals surface area contributed by atoms with Crippen molar-refractivity contribution in [1.29, 1.82) is 0 Å². The van der Waals surface area contributed by atoms with Gasteiger partial charge in [-0.1, -0.05) is 194 Å². The van der Waals surface area contributed by atoms with Crippen LogP contribution in [0.25, 0.3) is 11.2 Å². The molecule has 0 unspecified atom stereocenters. The lowest BCUT2D eigenvalue weighted by Crippen LogP contribution is -2.22. The molecule has 2 aromatic heterocycles. The Bertz CT molecular complexity index is 1310. The average Bonchev–Trinajstić information content (AvgIpc) is 3.59. The number of fused-ring (bicyclic) bond motifs is 1. The molecule has 0 radical (unpaired) electrons. The lowest BCUT2D eigenvalue weighted by atomic mass is 10.0. The molecule has 1 atom stereocenters. The number of hydrogen-bond donors (Lipinski definition) is 2. The van der Waals surface area contributed by atoms with Gasteiger partial charge in [-0.15, -0.1) is 0 Å². The number of imidazole rings is 1. The zero-order valence-electron chi connectivity index (χ0n) is 36.1. The molecule has 10 heteroatoms. The molecule has 10 nitrogen and oxygen atoms in total. The molecule has 0 spiro atoms. The van der Waals surface area contributed by atoms with Crippen LogP contribution in [-0.4, -0.2) is 44.7 Å². The fourth-order valence-electron chi connectivity index (χ4n) is 7.59. The molecule has 2 heterocycles. The fourth-order valence-corrected chi connectivity index (χ4v) is 7.59. The van der Waals surface area contributed by atoms with E-state index in [1.807, 2.05) is 0 Å². The van der Waals surface area contributed by atoms with Crippen molar-refractivity contribution >= 4 is 29.1 Å². The molecule has 56 heavy (non-hydrogen) atoms. The van der Waals surface area contributed by atoms with Gasteiger partial charge in [-0.2, -0.15) is 4.98 Å². The Balaban J connectivity index is 1.60. The average molecular weight is 786 g/mol. The monoisotopic (exact) mass is 786 g/mol. The lowest BCUT2D eigenvalue weighted by Gasteiger charge is -2.18. The third kappa shape index (κ3) is 25.4. The van der Waals surface area contributed by atoms with Gasteiger partial charge in [0.05, 0.1) is 19.5 Å². The predicted octanol–water partition coefficient (Wildman–Crippen LogP) is 12.3. The number of carbonyl (C=O) groups is 2. The summed E-state index contributed by atoms with van der Waals surface area (Å²) in [6, 6.07) is 0. The Hall–Kier alpha value is -2.91. The topological polar surface area (TPSA) is 142 Å². The zero-order valence-corrected chi connectivity index (χ0v) is 36.1. The molecule has 0 saturated heterocycles. The van der Waals surface area contributed by atoms with Crippen molar-refractivity contribution in [2.75, 3.05) is 18.9 Å². The second kappa shape index (κ2) is 34.2. The number of carbonyl (C=O) groups excluding carboxylic acids is 2. The highest BCUT2D eigenvalue weighted by Crippen LogP contribution is 2.18. The van der Waals surface area contributed by atoms with Crippen LogP contribution in [0.5, 0.6) is 0 Å². The highest BCUT2D eigenvalue weighted by Gasteiger charge is 2.18. The first-order valence-corrected chi connectivity index (χ1v) is 23.5. The maximum atomic E-state index is 12.7. The Kier molecular flexibility index (Phi) is 30.0. The van der Waals surface area contributed by atoms with E-state index in [1.165, 1.54) is 154 Å². The highest BCUT2D eigenvalue weighted by atomic mass is 16.5. The SMILES string of the molecule is CCCCCCCCCCCCCCCCCC(=O)OCC[C@@H](COC(=O)CCCCCCCCCCCCCCCCC)Cn1cnc2c(=O)[nH]c(N)nc21. The van der Waals surface area contributed by atoms with Gasteiger partial charge in [0.1, 0.15) is 0 Å². The molecule has 0 aliphatic rings. The summed E-state index contributed by atoms with van der Waals surface area (Å²) in [5.74, 6) is -0.524. The van der Waals surface area contributed by atoms with Crippen LogP contribution in [0, 0.1) is 5.92 Å². The smallest absolute Gasteiger partial charge is 0.305 e. The van der Waals surface area contributed by atoms with Crippen LogP contribution in [0.1, 0.15) is 226 Å². The van der Waals surface area contributed by atoms with Gasteiger partial charge >= 0.3 is 11.9 Å². The number of esters is 2. The first-order chi connectivity index (χ1) is 27.4. The molecule has 0 saturated carbocycles. The number of anilines is 1. The van der Waals surface area contributed by atoms with Crippen molar-refractivity contribution < 1.29 is 19.1 Å². The van der Waals surface area contributed by atoms with Crippen LogP contribution in [-0.2, 0) is 25.6 Å². The zero-order chi connectivity index (χ0) is 40.3. The molecule has 2 rings (SSSR count). The number of nitrogen functional groups attached to an aromatic ring is 1. The third-order valence-corrected chi connectivity index (χ3v) is 11.2. The number of hydrogen-bond acceptors (Lipinski definition) is 8. The quantitative estimate of drug-likeness (QED) is 0.0504. The van der Waals surface area contributed by atoms with E-state index in [0.29, 0.717) is 31.5 Å². The van der Waals surface area contributed by atoms with E-state index in [-0.39, 0.29) is 42.5 Å². The number of nitrogens with two attached hydrogens (primary N) is 1. The van der Waals surface area contributed by atoms with Crippen molar-refractivity contribution in [3.05, 3.63) is 16.7 Å². The van der Waals surface area contributed by atoms with E-state index in [4.69, 9.17) is 15.2 Å². The summed E-state index contributed by atoms with van der Waals surface area (Å²) in [7, 11) is 0. The van der Waals surface area contributed by atoms with Gasteiger partial charge in [0.25, 0.3) is 5.56 Å². The van der Waals surface area contributed by atoms with E-state index < -0.39 is 5.56 Å². The van der Waals surface area contributed by atoms with Crippen LogP contribution in [0.2, 0.25) is 0 Å². The molecular formula is C46H83N5O5. The number of aromatic nitrogens is 4. The highest BCUT2D eigenvalue weighted by molar-refractivity contribution is 5.71. The van der Waals surface area contributed by atoms with Gasteiger partial charge < -0.3 is 19.8 Å². The van der Waals surface area contributed by atoms with Crippen LogP contribution in [0.4, 0.5) is 5.95 Å². The molecule has 2 aromatic rings. The summed E-state index contributed by atoms with van der Waals surface area (Å²) in [6.07, 6.45) is 41.4. The molecule has 3 N–H and O–H groups in total. The molecule has 0 aliphatic heterocycles. The molecule has 0 aromatic carbocycles. The van der Waals surface area contributed by atoms with Crippen molar-refractivity contribution in [3.8, 4) is 0 Å². The van der Waals surface area contributed by atoms with Crippen molar-refractivity contribution in [2.24, 2.45) is 5.92 Å². The first-order valence-electron chi connectivity index (χ1n) is 23.5. The van der Waals surface area contributed by atoms with Crippen molar-refractivity contribution in [2.45, 2.75) is 232 Å². The predicted molar refractivity (Wildman–Crippen MR) is 232 cm³/mol. The molecule has 0 amide bonds. The first kappa shape index (κ1) is 49.2. The van der Waals surface area contributed by atoms with Crippen molar-refractivity contribution in [1.82, 2.24) is 19.5 Å². The van der Waals surface area contributed by atoms with Gasteiger partial charge in [0, 0.05) is 25.3 Å². The van der Waals surface area contributed by atoms with Crippen LogP contribution in [0.15, 0.2) is 11.1 Å². The van der Waals surface area contributed by atoms with Gasteiger partial charge in [-0.3, -0.25) is 19.4 Å². The summed E-state index contributed by atoms with van der Waals surface area (Å²) < 4.78 is 13.1. The molecule has 0 aliphatic carbocycles. The van der Waals surface area contributed by atoms with Crippen LogP contribution < -0.4 is 11.3 Å². The number of nitrogens with zero attached hydrogens (tertiary/aromatic N) is 3. The molecule has 322 valence electrons. The second-order valence-corrected chi connectivity index (χ2v) is 16.5. The fraction of sp³-hybridized carbons (Fsp3) is 0.848. The summed E-state index contributed by atoms with van der Waals surface area (Å²) in [6.45, 7) is 5.36. The summed E-state index contributed by atoms with van der Waals surface area (Å²) >= 11 is 0. The summed E-state index contributed by atoms with van der Waals surface area (Å²) in [4.78, 5) is 48.5. The van der Waals surface area contributed by atoms with Gasteiger partial charge in [0.2, 0.25) is 5.95 Å². The van der Waals surface area contributed by atoms with Gasteiger partial charge in [-0.05, 0) is 19.3 Å². The number of unbranched alkanes of at least 4 members (excludes halogenated alkanes) is 28. The molecule has 0 fully saturated rings. The number of H-pyrrole nitrogens is 1. The third-order valence-electron chi connectivity index (χ3n) is 11.2. The maximum absolute atomic E-state index is 12.7. The number of aromatic amines is 1. The summed E-state index contributed by atoms with van der Waals surface area (Å²) in [5.41, 5.74) is 5.99. The van der Waals surface area contributed by atoms with Gasteiger partial charge in [-0.25, -0.2) is 4.98 Å². The normalized spacial score (nSPS) is 12.0. The minimum atomic E-state index is -0.398. The Labute approximate surface area is 340 Å². The standard InChI is InChI=1S/C46H83N5O5/c1-3-5-7-9-11-13-15-17-19-21-23-25-27-29-31-33-41(52)55-36-35-40(37-51-39-48-43-44(51)49-46(47)50-45(43)54)38-56-42(53)34-32-30-28-26-24-22-20-18-16-14-12-10-8-6-4-2/h39-40H,3-38H2,1-2H3,(H3,47,49,50,54)/t40-/m1/s1. The number of nitrogens with one attached hydrogen (secondary N) is 1. The lowest BCUT2D eigenvalue weighted by molar-refractivity contribution is -0.148. The Morgan fingerprint density at radius 2 is 1.02 bits per heavy atom.